The topological polar surface area (TPSA) is 82.0 Å². The summed E-state index contributed by atoms with van der Waals surface area (Å²) in [6, 6.07) is 6.06. The van der Waals surface area contributed by atoms with E-state index < -0.39 is 23.1 Å². The number of ether oxygens (including phenoxy) is 2. The Labute approximate surface area is 97.3 Å². The fourth-order valence-corrected chi connectivity index (χ4v) is 1.58. The summed E-state index contributed by atoms with van der Waals surface area (Å²) in [6.45, 7) is 2.00. The first-order valence-electron chi connectivity index (χ1n) is 5.20. The van der Waals surface area contributed by atoms with Crippen LogP contribution in [0.3, 0.4) is 0 Å². The summed E-state index contributed by atoms with van der Waals surface area (Å²) in [6.07, 6.45) is -1.05. The Morgan fingerprint density at radius 2 is 2.35 bits per heavy atom. The van der Waals surface area contributed by atoms with Crippen molar-refractivity contribution in [3.8, 4) is 0 Å². The highest BCUT2D eigenvalue weighted by atomic mass is 16.6. The van der Waals surface area contributed by atoms with Crippen LogP contribution in [-0.2, 0) is 14.3 Å². The predicted molar refractivity (Wildman–Crippen MR) is 57.3 cm³/mol. The van der Waals surface area contributed by atoms with Crippen LogP contribution in [0.25, 0.3) is 0 Å². The number of epoxide rings is 1. The molecule has 0 bridgehead atoms. The number of hydrogen-bond donors (Lipinski definition) is 0. The largest absolute Gasteiger partial charge is 0.464 e. The predicted octanol–water partition coefficient (Wildman–Crippen LogP) is 1.60. The van der Waals surface area contributed by atoms with E-state index >= 15 is 0 Å². The molecule has 1 aromatic carbocycles. The van der Waals surface area contributed by atoms with Gasteiger partial charge < -0.3 is 9.47 Å². The maximum absolute atomic E-state index is 11.3. The maximum Gasteiger partial charge on any atom is 0.338 e. The molecule has 17 heavy (non-hydrogen) atoms. The highest BCUT2D eigenvalue weighted by Gasteiger charge is 2.47. The number of esters is 1. The third-order valence-electron chi connectivity index (χ3n) is 2.42. The van der Waals surface area contributed by atoms with Crippen molar-refractivity contribution in [2.75, 3.05) is 6.61 Å². The number of nitro benzene ring substituents is 1. The Morgan fingerprint density at radius 1 is 1.59 bits per heavy atom. The zero-order chi connectivity index (χ0) is 12.4. The summed E-state index contributed by atoms with van der Waals surface area (Å²) < 4.78 is 9.95. The van der Waals surface area contributed by atoms with Crippen molar-refractivity contribution in [3.05, 3.63) is 39.9 Å². The van der Waals surface area contributed by atoms with Crippen molar-refractivity contribution >= 4 is 11.7 Å². The third-order valence-corrected chi connectivity index (χ3v) is 2.42. The molecule has 1 saturated heterocycles. The van der Waals surface area contributed by atoms with Gasteiger partial charge in [-0.2, -0.15) is 0 Å². The molecule has 6 heteroatoms. The normalized spacial score (nSPS) is 21.9. The number of benzene rings is 1. The van der Waals surface area contributed by atoms with Crippen LogP contribution in [0.5, 0.6) is 0 Å². The Morgan fingerprint density at radius 3 is 3.00 bits per heavy atom. The van der Waals surface area contributed by atoms with Crippen LogP contribution in [0, 0.1) is 10.1 Å². The molecule has 0 aromatic heterocycles. The van der Waals surface area contributed by atoms with Crippen LogP contribution in [0.15, 0.2) is 24.3 Å². The van der Waals surface area contributed by atoms with E-state index in [0.29, 0.717) is 12.2 Å². The molecule has 90 valence electrons. The number of carbonyl (C=O) groups is 1. The molecule has 0 aliphatic carbocycles. The summed E-state index contributed by atoms with van der Waals surface area (Å²) in [5.74, 6) is -0.427. The van der Waals surface area contributed by atoms with Gasteiger partial charge in [0.1, 0.15) is 6.10 Å². The van der Waals surface area contributed by atoms with Crippen LogP contribution < -0.4 is 0 Å². The minimum absolute atomic E-state index is 0.0133. The molecule has 0 N–H and O–H groups in total. The molecule has 0 spiro atoms. The molecule has 0 amide bonds. The van der Waals surface area contributed by atoms with Crippen LogP contribution in [-0.4, -0.2) is 23.6 Å². The fourth-order valence-electron chi connectivity index (χ4n) is 1.58. The molecule has 6 nitrogen and oxygen atoms in total. The number of nitrogens with zero attached hydrogens (tertiary/aromatic N) is 1. The van der Waals surface area contributed by atoms with E-state index in [9.17, 15) is 14.9 Å². The fraction of sp³-hybridized carbons (Fsp3) is 0.364. The minimum Gasteiger partial charge on any atom is -0.464 e. The van der Waals surface area contributed by atoms with Crippen molar-refractivity contribution in [3.63, 3.8) is 0 Å². The lowest BCUT2D eigenvalue weighted by atomic mass is 10.1. The van der Waals surface area contributed by atoms with Gasteiger partial charge in [-0.3, -0.25) is 10.1 Å². The SMILES string of the molecule is CCOC(=O)C1OC1c1cccc([N+](=O)[O-])c1. The molecular weight excluding hydrogens is 226 g/mol. The summed E-state index contributed by atoms with van der Waals surface area (Å²) in [7, 11) is 0. The Bertz CT molecular complexity index is 459. The standard InChI is InChI=1S/C11H11NO5/c1-2-16-11(13)10-9(17-10)7-4-3-5-8(6-7)12(14)15/h3-6,9-10H,2H2,1H3. The van der Waals surface area contributed by atoms with E-state index in [1.807, 2.05) is 0 Å². The minimum atomic E-state index is -0.628. The molecule has 0 radical (unpaired) electrons. The van der Waals surface area contributed by atoms with Gasteiger partial charge in [-0.1, -0.05) is 12.1 Å². The van der Waals surface area contributed by atoms with Crippen LogP contribution in [0.4, 0.5) is 5.69 Å². The molecule has 0 saturated carbocycles. The van der Waals surface area contributed by atoms with Crippen molar-refractivity contribution in [1.29, 1.82) is 0 Å². The zero-order valence-corrected chi connectivity index (χ0v) is 9.16. The summed E-state index contributed by atoms with van der Waals surface area (Å²) >= 11 is 0. The second kappa shape index (κ2) is 4.50. The number of non-ortho nitro benzene ring substituents is 1. The average molecular weight is 237 g/mol. The first kappa shape index (κ1) is 11.5. The van der Waals surface area contributed by atoms with Crippen molar-refractivity contribution in [1.82, 2.24) is 0 Å². The van der Waals surface area contributed by atoms with Gasteiger partial charge >= 0.3 is 5.97 Å². The van der Waals surface area contributed by atoms with Gasteiger partial charge in [0, 0.05) is 12.1 Å². The number of rotatable bonds is 4. The second-order valence-electron chi connectivity index (χ2n) is 3.58. The monoisotopic (exact) mass is 237 g/mol. The van der Waals surface area contributed by atoms with Gasteiger partial charge in [-0.15, -0.1) is 0 Å². The summed E-state index contributed by atoms with van der Waals surface area (Å²) in [5.41, 5.74) is 0.609. The second-order valence-corrected chi connectivity index (χ2v) is 3.58. The Kier molecular flexibility index (Phi) is 3.06. The lowest BCUT2D eigenvalue weighted by Gasteiger charge is -1.98. The van der Waals surface area contributed by atoms with Crippen molar-refractivity contribution < 1.29 is 19.2 Å². The van der Waals surface area contributed by atoms with Gasteiger partial charge in [0.25, 0.3) is 5.69 Å². The van der Waals surface area contributed by atoms with Crippen molar-refractivity contribution in [2.24, 2.45) is 0 Å². The molecule has 1 aliphatic rings. The van der Waals surface area contributed by atoms with Gasteiger partial charge in [-0.25, -0.2) is 4.79 Å². The van der Waals surface area contributed by atoms with E-state index in [0.717, 1.165) is 0 Å². The van der Waals surface area contributed by atoms with Gasteiger partial charge in [0.15, 0.2) is 6.10 Å². The molecule has 2 unspecified atom stereocenters. The third kappa shape index (κ3) is 2.42. The van der Waals surface area contributed by atoms with E-state index in [4.69, 9.17) is 9.47 Å². The summed E-state index contributed by atoms with van der Waals surface area (Å²) in [4.78, 5) is 21.4. The molecule has 2 rings (SSSR count). The molecule has 1 aromatic rings. The maximum atomic E-state index is 11.3. The number of carbonyl (C=O) groups excluding carboxylic acids is 1. The highest BCUT2D eigenvalue weighted by Crippen LogP contribution is 2.40. The lowest BCUT2D eigenvalue weighted by molar-refractivity contribution is -0.384. The van der Waals surface area contributed by atoms with Crippen LogP contribution in [0.2, 0.25) is 0 Å². The Hall–Kier alpha value is -1.95. The van der Waals surface area contributed by atoms with E-state index in [1.165, 1.54) is 12.1 Å². The number of nitro groups is 1. The zero-order valence-electron chi connectivity index (χ0n) is 9.16. The van der Waals surface area contributed by atoms with Crippen LogP contribution >= 0.6 is 0 Å². The quantitative estimate of drug-likeness (QED) is 0.344. The first-order valence-corrected chi connectivity index (χ1v) is 5.20. The Balaban J connectivity index is 2.08. The molecule has 1 aliphatic heterocycles. The van der Waals surface area contributed by atoms with Gasteiger partial charge in [0.05, 0.1) is 11.5 Å². The molecule has 1 heterocycles. The average Bonchev–Trinajstić information content (AvgIpc) is 3.09. The van der Waals surface area contributed by atoms with Gasteiger partial charge in [-0.05, 0) is 12.5 Å². The number of hydrogen-bond acceptors (Lipinski definition) is 5. The van der Waals surface area contributed by atoms with E-state index in [2.05, 4.69) is 0 Å². The van der Waals surface area contributed by atoms with Crippen molar-refractivity contribution in [2.45, 2.75) is 19.1 Å². The molecule has 1 fully saturated rings. The molecular formula is C11H11NO5. The summed E-state index contributed by atoms with van der Waals surface area (Å²) in [5, 5.41) is 10.6. The van der Waals surface area contributed by atoms with E-state index in [-0.39, 0.29) is 5.69 Å². The lowest BCUT2D eigenvalue weighted by Crippen LogP contribution is -2.11. The van der Waals surface area contributed by atoms with Gasteiger partial charge in [0.2, 0.25) is 0 Å². The smallest absolute Gasteiger partial charge is 0.338 e. The highest BCUT2D eigenvalue weighted by molar-refractivity contribution is 5.78. The first-order chi connectivity index (χ1) is 8.13. The van der Waals surface area contributed by atoms with E-state index in [1.54, 1.807) is 19.1 Å². The molecule has 2 atom stereocenters. The van der Waals surface area contributed by atoms with Crippen LogP contribution in [0.1, 0.15) is 18.6 Å².